The fourth-order valence-corrected chi connectivity index (χ4v) is 3.50. The van der Waals surface area contributed by atoms with E-state index in [9.17, 15) is 8.42 Å². The number of aryl methyl sites for hydroxylation is 2. The Balaban J connectivity index is 2.31. The lowest BCUT2D eigenvalue weighted by molar-refractivity contribution is 0.465. The average molecular weight is 289 g/mol. The molecule has 0 aliphatic heterocycles. The molecular weight excluding hydrogens is 270 g/mol. The van der Waals surface area contributed by atoms with Crippen LogP contribution in [0, 0.1) is 13.8 Å². The van der Waals surface area contributed by atoms with Crippen LogP contribution in [-0.4, -0.2) is 19.8 Å². The zero-order valence-electron chi connectivity index (χ0n) is 12.0. The zero-order valence-corrected chi connectivity index (χ0v) is 12.8. The molecule has 0 unspecified atom stereocenters. The summed E-state index contributed by atoms with van der Waals surface area (Å²) in [7, 11) is -1.83. The Bertz CT molecular complexity index is 708. The number of sulfonamides is 1. The molecule has 3 nitrogen and oxygen atoms in total. The highest BCUT2D eigenvalue weighted by atomic mass is 32.2. The van der Waals surface area contributed by atoms with Gasteiger partial charge >= 0.3 is 0 Å². The molecule has 0 aliphatic carbocycles. The summed E-state index contributed by atoms with van der Waals surface area (Å²) < 4.78 is 26.6. The highest BCUT2D eigenvalue weighted by Gasteiger charge is 2.22. The fraction of sp³-hybridized carbons (Fsp3) is 0.250. The van der Waals surface area contributed by atoms with Gasteiger partial charge in [0.05, 0.1) is 4.90 Å². The smallest absolute Gasteiger partial charge is 0.207 e. The second-order valence-corrected chi connectivity index (χ2v) is 6.97. The van der Waals surface area contributed by atoms with E-state index in [2.05, 4.69) is 0 Å². The van der Waals surface area contributed by atoms with Crippen molar-refractivity contribution >= 4 is 10.0 Å². The van der Waals surface area contributed by atoms with Crippen molar-refractivity contribution in [3.8, 4) is 0 Å². The third-order valence-corrected chi connectivity index (χ3v) is 5.40. The molecule has 0 fully saturated rings. The zero-order chi connectivity index (χ0) is 14.8. The van der Waals surface area contributed by atoms with Gasteiger partial charge in [0.2, 0.25) is 10.0 Å². The van der Waals surface area contributed by atoms with E-state index in [1.807, 2.05) is 50.2 Å². The molecular formula is C16H19NO2S. The van der Waals surface area contributed by atoms with E-state index in [4.69, 9.17) is 0 Å². The second kappa shape index (κ2) is 5.77. The Hall–Kier alpha value is -1.65. The molecule has 0 amide bonds. The number of benzene rings is 2. The van der Waals surface area contributed by atoms with Crippen LogP contribution in [0.3, 0.4) is 0 Å². The first-order valence-corrected chi connectivity index (χ1v) is 7.93. The van der Waals surface area contributed by atoms with E-state index in [1.54, 1.807) is 19.2 Å². The molecule has 0 N–H and O–H groups in total. The van der Waals surface area contributed by atoms with Gasteiger partial charge in [0.25, 0.3) is 0 Å². The van der Waals surface area contributed by atoms with Gasteiger partial charge in [-0.25, -0.2) is 8.42 Å². The summed E-state index contributed by atoms with van der Waals surface area (Å²) in [6.07, 6.45) is 0. The molecule has 0 aromatic heterocycles. The monoisotopic (exact) mass is 289 g/mol. The van der Waals surface area contributed by atoms with E-state index in [0.717, 1.165) is 16.7 Å². The highest BCUT2D eigenvalue weighted by molar-refractivity contribution is 7.89. The van der Waals surface area contributed by atoms with Gasteiger partial charge in [0, 0.05) is 13.6 Å². The fourth-order valence-electron chi connectivity index (χ4n) is 2.13. The van der Waals surface area contributed by atoms with Crippen LogP contribution in [-0.2, 0) is 16.6 Å². The van der Waals surface area contributed by atoms with Crippen molar-refractivity contribution < 1.29 is 8.42 Å². The van der Waals surface area contributed by atoms with Gasteiger partial charge in [-0.1, -0.05) is 42.5 Å². The predicted octanol–water partition coefficient (Wildman–Crippen LogP) is 3.12. The van der Waals surface area contributed by atoms with Gasteiger partial charge in [-0.05, 0) is 36.6 Å². The van der Waals surface area contributed by atoms with Gasteiger partial charge in [0.1, 0.15) is 0 Å². The van der Waals surface area contributed by atoms with E-state index >= 15 is 0 Å². The molecule has 0 aliphatic rings. The van der Waals surface area contributed by atoms with Crippen molar-refractivity contribution in [2.24, 2.45) is 0 Å². The molecule has 0 spiro atoms. The van der Waals surface area contributed by atoms with E-state index in [-0.39, 0.29) is 0 Å². The molecule has 0 heterocycles. The van der Waals surface area contributed by atoms with Crippen molar-refractivity contribution in [1.82, 2.24) is 4.31 Å². The standard InChI is InChI=1S/C16H19NO2S/c1-13-8-4-6-10-15(13)12-17(3)20(18,19)16-11-7-5-9-14(16)2/h4-11H,12H2,1-3H3. The molecule has 20 heavy (non-hydrogen) atoms. The highest BCUT2D eigenvalue weighted by Crippen LogP contribution is 2.20. The molecule has 0 saturated carbocycles. The Morgan fingerprint density at radius 3 is 2.05 bits per heavy atom. The molecule has 0 radical (unpaired) electrons. The average Bonchev–Trinajstić information content (AvgIpc) is 2.41. The minimum absolute atomic E-state index is 0.371. The van der Waals surface area contributed by atoms with Crippen LogP contribution in [0.1, 0.15) is 16.7 Å². The van der Waals surface area contributed by atoms with Crippen LogP contribution < -0.4 is 0 Å². The summed E-state index contributed by atoms with van der Waals surface area (Å²) in [5.41, 5.74) is 2.88. The maximum Gasteiger partial charge on any atom is 0.243 e. The summed E-state index contributed by atoms with van der Waals surface area (Å²) in [6, 6.07) is 14.9. The maximum absolute atomic E-state index is 12.6. The van der Waals surface area contributed by atoms with Crippen molar-refractivity contribution in [3.05, 3.63) is 65.2 Å². The van der Waals surface area contributed by atoms with E-state index < -0.39 is 10.0 Å². The largest absolute Gasteiger partial charge is 0.243 e. The Morgan fingerprint density at radius 1 is 0.900 bits per heavy atom. The van der Waals surface area contributed by atoms with Crippen LogP contribution in [0.5, 0.6) is 0 Å². The summed E-state index contributed by atoms with van der Waals surface area (Å²) in [4.78, 5) is 0.371. The van der Waals surface area contributed by atoms with Gasteiger partial charge in [-0.3, -0.25) is 0 Å². The molecule has 4 heteroatoms. The maximum atomic E-state index is 12.6. The number of hydrogen-bond acceptors (Lipinski definition) is 2. The van der Waals surface area contributed by atoms with Gasteiger partial charge in [-0.2, -0.15) is 4.31 Å². The minimum atomic E-state index is -3.45. The van der Waals surface area contributed by atoms with Crippen LogP contribution in [0.15, 0.2) is 53.4 Å². The summed E-state index contributed by atoms with van der Waals surface area (Å²) in [5.74, 6) is 0. The number of nitrogens with zero attached hydrogens (tertiary/aromatic N) is 1. The van der Waals surface area contributed by atoms with E-state index in [0.29, 0.717) is 11.4 Å². The Labute approximate surface area is 120 Å². The van der Waals surface area contributed by atoms with Crippen LogP contribution in [0.25, 0.3) is 0 Å². The molecule has 106 valence electrons. The minimum Gasteiger partial charge on any atom is -0.207 e. The van der Waals surface area contributed by atoms with Gasteiger partial charge in [0.15, 0.2) is 0 Å². The molecule has 0 saturated heterocycles. The van der Waals surface area contributed by atoms with Gasteiger partial charge in [-0.15, -0.1) is 0 Å². The first-order chi connectivity index (χ1) is 9.43. The number of hydrogen-bond donors (Lipinski definition) is 0. The first-order valence-electron chi connectivity index (χ1n) is 6.49. The summed E-state index contributed by atoms with van der Waals surface area (Å²) >= 11 is 0. The van der Waals surface area contributed by atoms with Crippen molar-refractivity contribution in [2.75, 3.05) is 7.05 Å². The molecule has 2 aromatic rings. The lowest BCUT2D eigenvalue weighted by atomic mass is 10.1. The van der Waals surface area contributed by atoms with Crippen LogP contribution in [0.4, 0.5) is 0 Å². The SMILES string of the molecule is Cc1ccccc1CN(C)S(=O)(=O)c1ccccc1C. The van der Waals surface area contributed by atoms with Gasteiger partial charge < -0.3 is 0 Å². The van der Waals surface area contributed by atoms with Crippen molar-refractivity contribution in [1.29, 1.82) is 0 Å². The lowest BCUT2D eigenvalue weighted by Gasteiger charge is -2.19. The molecule has 0 atom stereocenters. The first kappa shape index (κ1) is 14.8. The third-order valence-electron chi connectivity index (χ3n) is 3.44. The summed E-state index contributed by atoms with van der Waals surface area (Å²) in [6.45, 7) is 4.18. The van der Waals surface area contributed by atoms with Crippen LogP contribution in [0.2, 0.25) is 0 Å². The van der Waals surface area contributed by atoms with Crippen molar-refractivity contribution in [2.45, 2.75) is 25.3 Å². The quantitative estimate of drug-likeness (QED) is 0.867. The van der Waals surface area contributed by atoms with Crippen LogP contribution >= 0.6 is 0 Å². The number of rotatable bonds is 4. The van der Waals surface area contributed by atoms with Crippen molar-refractivity contribution in [3.63, 3.8) is 0 Å². The summed E-state index contributed by atoms with van der Waals surface area (Å²) in [5, 5.41) is 0. The molecule has 2 rings (SSSR count). The Morgan fingerprint density at radius 2 is 1.45 bits per heavy atom. The lowest BCUT2D eigenvalue weighted by Crippen LogP contribution is -2.27. The second-order valence-electron chi connectivity index (χ2n) is 4.95. The normalized spacial score (nSPS) is 11.8. The molecule has 2 aromatic carbocycles. The molecule has 0 bridgehead atoms. The Kier molecular flexibility index (Phi) is 4.26. The third kappa shape index (κ3) is 2.92. The van der Waals surface area contributed by atoms with E-state index in [1.165, 1.54) is 4.31 Å². The predicted molar refractivity (Wildman–Crippen MR) is 81.0 cm³/mol. The topological polar surface area (TPSA) is 37.4 Å².